The largest absolute Gasteiger partial charge is 0.496 e. The predicted molar refractivity (Wildman–Crippen MR) is 165 cm³/mol. The van der Waals surface area contributed by atoms with E-state index in [1.54, 1.807) is 36.4 Å². The number of sulfonamides is 1. The Morgan fingerprint density at radius 2 is 1.63 bits per heavy atom. The number of nitrogens with one attached hydrogen (secondary N) is 1. The molecule has 0 aliphatic carbocycles. The van der Waals surface area contributed by atoms with E-state index in [0.717, 1.165) is 5.56 Å². The summed E-state index contributed by atoms with van der Waals surface area (Å²) in [6.45, 7) is 2.28. The van der Waals surface area contributed by atoms with Crippen LogP contribution >= 0.6 is 11.6 Å². The second kappa shape index (κ2) is 14.1. The van der Waals surface area contributed by atoms with Crippen molar-refractivity contribution in [3.8, 4) is 16.9 Å². The number of carbonyl (C=O) groups is 2. The zero-order chi connectivity index (χ0) is 31.0. The number of nitrogens with zero attached hydrogens (tertiary/aromatic N) is 1. The lowest BCUT2D eigenvalue weighted by Gasteiger charge is -2.23. The summed E-state index contributed by atoms with van der Waals surface area (Å²) < 4.78 is 40.0. The number of halogens is 1. The summed E-state index contributed by atoms with van der Waals surface area (Å²) in [4.78, 5) is 26.1. The molecule has 4 rings (SSSR count). The summed E-state index contributed by atoms with van der Waals surface area (Å²) in [6.07, 6.45) is -0.742. The third-order valence-electron chi connectivity index (χ3n) is 6.60. The van der Waals surface area contributed by atoms with Gasteiger partial charge in [-0.3, -0.25) is 9.52 Å². The van der Waals surface area contributed by atoms with Gasteiger partial charge in [-0.05, 0) is 77.7 Å². The molecule has 0 spiro atoms. The molecule has 0 heterocycles. The van der Waals surface area contributed by atoms with Crippen LogP contribution in [0.15, 0.2) is 95.9 Å². The van der Waals surface area contributed by atoms with E-state index in [9.17, 15) is 23.1 Å². The monoisotopic (exact) mass is 622 g/mol. The van der Waals surface area contributed by atoms with Gasteiger partial charge in [-0.2, -0.15) is 0 Å². The average molecular weight is 623 g/mol. The van der Waals surface area contributed by atoms with Crippen LogP contribution in [-0.2, 0) is 39.1 Å². The number of methoxy groups -OCH3 is 1. The molecule has 0 saturated carbocycles. The zero-order valence-electron chi connectivity index (χ0n) is 23.6. The number of hydrogen-bond donors (Lipinski definition) is 2. The Kier molecular flexibility index (Phi) is 10.3. The Hall–Kier alpha value is -4.54. The van der Waals surface area contributed by atoms with Crippen molar-refractivity contribution in [3.05, 3.63) is 113 Å². The number of carboxylic acids is 1. The smallest absolute Gasteiger partial charge is 0.410 e. The van der Waals surface area contributed by atoms with E-state index in [4.69, 9.17) is 21.1 Å². The van der Waals surface area contributed by atoms with Gasteiger partial charge in [0.2, 0.25) is 0 Å². The molecule has 0 radical (unpaired) electrons. The van der Waals surface area contributed by atoms with Gasteiger partial charge < -0.3 is 19.5 Å². The minimum Gasteiger partial charge on any atom is -0.496 e. The van der Waals surface area contributed by atoms with Crippen LogP contribution < -0.4 is 9.46 Å². The van der Waals surface area contributed by atoms with E-state index in [2.05, 4.69) is 4.72 Å². The number of aliphatic carboxylic acids is 1. The Morgan fingerprint density at radius 1 is 0.907 bits per heavy atom. The lowest BCUT2D eigenvalue weighted by molar-refractivity contribution is -0.136. The molecule has 0 bridgehead atoms. The van der Waals surface area contributed by atoms with Crippen LogP contribution in [0.25, 0.3) is 11.1 Å². The fraction of sp³-hybridized carbons (Fsp3) is 0.188. The fourth-order valence-corrected chi connectivity index (χ4v) is 5.63. The molecular weight excluding hydrogens is 592 g/mol. The van der Waals surface area contributed by atoms with Crippen LogP contribution in [-0.4, -0.2) is 44.1 Å². The lowest BCUT2D eigenvalue weighted by Crippen LogP contribution is -2.31. The van der Waals surface area contributed by atoms with Gasteiger partial charge in [0.05, 0.1) is 18.4 Å². The highest BCUT2D eigenvalue weighted by Gasteiger charge is 2.21. The summed E-state index contributed by atoms with van der Waals surface area (Å²) in [5.41, 5.74) is 3.47. The molecular formula is C32H31ClN2O7S. The van der Waals surface area contributed by atoms with Crippen LogP contribution in [0.2, 0.25) is 5.02 Å². The van der Waals surface area contributed by atoms with Gasteiger partial charge in [0, 0.05) is 29.4 Å². The van der Waals surface area contributed by atoms with Gasteiger partial charge >= 0.3 is 12.1 Å². The average Bonchev–Trinajstić information content (AvgIpc) is 2.99. The van der Waals surface area contributed by atoms with Gasteiger partial charge in [-0.1, -0.05) is 54.1 Å². The first-order valence-corrected chi connectivity index (χ1v) is 15.2. The highest BCUT2D eigenvalue weighted by Crippen LogP contribution is 2.36. The maximum atomic E-state index is 13.1. The molecule has 0 aromatic heterocycles. The number of hydrogen-bond acceptors (Lipinski definition) is 6. The minimum atomic E-state index is -3.95. The van der Waals surface area contributed by atoms with Crippen molar-refractivity contribution >= 4 is 39.4 Å². The first-order chi connectivity index (χ1) is 20.6. The quantitative estimate of drug-likeness (QED) is 0.182. The maximum Gasteiger partial charge on any atom is 0.410 e. The molecule has 224 valence electrons. The second-order valence-corrected chi connectivity index (χ2v) is 11.7. The summed E-state index contributed by atoms with van der Waals surface area (Å²) in [7, 11) is -2.45. The van der Waals surface area contributed by atoms with Crippen molar-refractivity contribution in [2.24, 2.45) is 0 Å². The number of amides is 1. The van der Waals surface area contributed by atoms with Crippen molar-refractivity contribution in [2.75, 3.05) is 18.4 Å². The number of carbonyl (C=O) groups excluding carboxylic acids is 1. The fourth-order valence-electron chi connectivity index (χ4n) is 4.45. The molecule has 0 aliphatic rings. The molecule has 0 fully saturated rings. The molecule has 1 amide bonds. The zero-order valence-corrected chi connectivity index (χ0v) is 25.2. The van der Waals surface area contributed by atoms with E-state index in [1.165, 1.54) is 36.3 Å². The number of rotatable bonds is 12. The molecule has 2 N–H and O–H groups in total. The molecule has 0 saturated heterocycles. The van der Waals surface area contributed by atoms with Crippen LogP contribution in [0.4, 0.5) is 10.5 Å². The van der Waals surface area contributed by atoms with Gasteiger partial charge in [0.25, 0.3) is 10.0 Å². The molecule has 0 unspecified atom stereocenters. The first-order valence-electron chi connectivity index (χ1n) is 13.4. The normalized spacial score (nSPS) is 11.0. The van der Waals surface area contributed by atoms with Crippen LogP contribution in [0.5, 0.6) is 5.75 Å². The highest BCUT2D eigenvalue weighted by molar-refractivity contribution is 7.92. The SMILES string of the molecule is CCN(Cc1cc(NS(=O)(=O)c2ccc(Cl)cc2)ccc1-c1cc(CC(=O)O)ccc1OC)C(=O)OCc1ccccc1. The van der Waals surface area contributed by atoms with E-state index in [0.29, 0.717) is 39.6 Å². The van der Waals surface area contributed by atoms with Crippen molar-refractivity contribution < 1.29 is 32.6 Å². The molecule has 0 aliphatic heterocycles. The highest BCUT2D eigenvalue weighted by atomic mass is 35.5. The van der Waals surface area contributed by atoms with Crippen LogP contribution in [0.3, 0.4) is 0 Å². The maximum absolute atomic E-state index is 13.1. The number of anilines is 1. The molecule has 4 aromatic rings. The van der Waals surface area contributed by atoms with E-state index >= 15 is 0 Å². The Labute approximate surface area is 255 Å². The second-order valence-electron chi connectivity index (χ2n) is 9.59. The van der Waals surface area contributed by atoms with Crippen molar-refractivity contribution in [3.63, 3.8) is 0 Å². The van der Waals surface area contributed by atoms with E-state index < -0.39 is 22.1 Å². The third-order valence-corrected chi connectivity index (χ3v) is 8.25. The molecule has 43 heavy (non-hydrogen) atoms. The Morgan fingerprint density at radius 3 is 2.28 bits per heavy atom. The van der Waals surface area contributed by atoms with Crippen LogP contribution in [0.1, 0.15) is 23.6 Å². The van der Waals surface area contributed by atoms with Crippen molar-refractivity contribution in [1.82, 2.24) is 4.90 Å². The van der Waals surface area contributed by atoms with Gasteiger partial charge in [0.15, 0.2) is 0 Å². The molecule has 4 aromatic carbocycles. The van der Waals surface area contributed by atoms with Crippen molar-refractivity contribution in [2.45, 2.75) is 31.4 Å². The number of carboxylic acid groups (broad SMARTS) is 1. The summed E-state index contributed by atoms with van der Waals surface area (Å²) >= 11 is 5.93. The minimum absolute atomic E-state index is 0.0326. The van der Waals surface area contributed by atoms with Gasteiger partial charge in [-0.15, -0.1) is 0 Å². The van der Waals surface area contributed by atoms with Crippen LogP contribution in [0, 0.1) is 0 Å². The first kappa shape index (κ1) is 31.4. The Bertz CT molecular complexity index is 1700. The summed E-state index contributed by atoms with van der Waals surface area (Å²) in [5.74, 6) is -0.499. The lowest BCUT2D eigenvalue weighted by atomic mass is 9.95. The predicted octanol–water partition coefficient (Wildman–Crippen LogP) is 6.60. The summed E-state index contributed by atoms with van der Waals surface area (Å²) in [6, 6.07) is 25.1. The summed E-state index contributed by atoms with van der Waals surface area (Å²) in [5, 5.41) is 9.75. The standard InChI is InChI=1S/C32H31ClN2O7S/c1-3-35(32(38)42-21-22-7-5-4-6-8-22)20-24-19-26(34-43(39,40)27-13-10-25(33)11-14-27)12-15-28(24)29-17-23(18-31(36)37)9-16-30(29)41-2/h4-17,19,34H,3,18,20-21H2,1-2H3,(H,36,37). The molecule has 11 heteroatoms. The van der Waals surface area contributed by atoms with Gasteiger partial charge in [-0.25, -0.2) is 13.2 Å². The van der Waals surface area contributed by atoms with Crippen molar-refractivity contribution in [1.29, 1.82) is 0 Å². The van der Waals surface area contributed by atoms with Gasteiger partial charge in [0.1, 0.15) is 12.4 Å². The molecule has 0 atom stereocenters. The third kappa shape index (κ3) is 8.27. The number of ether oxygens (including phenoxy) is 2. The number of benzene rings is 4. The molecule has 9 nitrogen and oxygen atoms in total. The van der Waals surface area contributed by atoms with E-state index in [-0.39, 0.29) is 30.2 Å². The Balaban J connectivity index is 1.72. The topological polar surface area (TPSA) is 122 Å². The van der Waals surface area contributed by atoms with E-state index in [1.807, 2.05) is 37.3 Å².